The van der Waals surface area contributed by atoms with Gasteiger partial charge in [0.1, 0.15) is 0 Å². The number of carbonyl (C=O) groups excluding carboxylic acids is 1. The number of nitrogens with zero attached hydrogens (tertiary/aromatic N) is 2. The van der Waals surface area contributed by atoms with E-state index in [1.165, 1.54) is 0 Å². The van der Waals surface area contributed by atoms with Crippen LogP contribution in [0.3, 0.4) is 0 Å². The van der Waals surface area contributed by atoms with Crippen LogP contribution in [0.4, 0.5) is 17.1 Å². The molecule has 0 aliphatic carbocycles. The molecule has 1 amide bonds. The monoisotopic (exact) mass is 244 g/mol. The minimum absolute atomic E-state index is 0.00150. The third kappa shape index (κ3) is 2.23. The summed E-state index contributed by atoms with van der Waals surface area (Å²) in [7, 11) is 0. The van der Waals surface area contributed by atoms with Crippen molar-refractivity contribution < 1.29 is 4.79 Å². The number of nitriles is 1. The molecular weight excluding hydrogens is 228 g/mol. The van der Waals surface area contributed by atoms with Gasteiger partial charge in [0.2, 0.25) is 5.91 Å². The van der Waals surface area contributed by atoms with E-state index in [4.69, 9.17) is 11.0 Å². The standard InChI is InChI=1S/C13H16N4O/c1-2-17(5-3-4-14)12-8-11-9(6-10(12)15)7-13(18)16-11/h6,8H,2-3,5,7,15H2,1H3,(H,16,18). The predicted molar refractivity (Wildman–Crippen MR) is 71.3 cm³/mol. The maximum atomic E-state index is 11.3. The van der Waals surface area contributed by atoms with Gasteiger partial charge in [-0.15, -0.1) is 0 Å². The molecule has 0 saturated carbocycles. The molecule has 0 bridgehead atoms. The molecule has 94 valence electrons. The molecule has 0 aromatic heterocycles. The van der Waals surface area contributed by atoms with Crippen molar-refractivity contribution in [3.8, 4) is 6.07 Å². The van der Waals surface area contributed by atoms with E-state index in [2.05, 4.69) is 11.4 Å². The highest BCUT2D eigenvalue weighted by atomic mass is 16.1. The van der Waals surface area contributed by atoms with Gasteiger partial charge in [0.05, 0.1) is 30.3 Å². The van der Waals surface area contributed by atoms with Crippen LogP contribution in [0.5, 0.6) is 0 Å². The van der Waals surface area contributed by atoms with E-state index in [0.717, 1.165) is 23.5 Å². The normalized spacial score (nSPS) is 12.8. The first-order chi connectivity index (χ1) is 8.65. The Balaban J connectivity index is 2.31. The van der Waals surface area contributed by atoms with Gasteiger partial charge in [0.15, 0.2) is 0 Å². The number of amides is 1. The Morgan fingerprint density at radius 1 is 1.56 bits per heavy atom. The Morgan fingerprint density at radius 2 is 2.33 bits per heavy atom. The van der Waals surface area contributed by atoms with Crippen molar-refractivity contribution in [1.29, 1.82) is 5.26 Å². The van der Waals surface area contributed by atoms with E-state index in [9.17, 15) is 4.79 Å². The van der Waals surface area contributed by atoms with Gasteiger partial charge >= 0.3 is 0 Å². The number of hydrogen-bond donors (Lipinski definition) is 2. The van der Waals surface area contributed by atoms with Gasteiger partial charge < -0.3 is 16.0 Å². The zero-order chi connectivity index (χ0) is 13.1. The van der Waals surface area contributed by atoms with Crippen LogP contribution in [0.25, 0.3) is 0 Å². The van der Waals surface area contributed by atoms with E-state index in [1.807, 2.05) is 24.0 Å². The highest BCUT2D eigenvalue weighted by Gasteiger charge is 2.20. The number of benzene rings is 1. The van der Waals surface area contributed by atoms with Crippen LogP contribution >= 0.6 is 0 Å². The smallest absolute Gasteiger partial charge is 0.228 e. The Hall–Kier alpha value is -2.22. The predicted octanol–water partition coefficient (Wildman–Crippen LogP) is 1.50. The van der Waals surface area contributed by atoms with E-state index < -0.39 is 0 Å². The number of nitrogen functional groups attached to an aromatic ring is 1. The lowest BCUT2D eigenvalue weighted by atomic mass is 10.1. The van der Waals surface area contributed by atoms with Gasteiger partial charge in [-0.3, -0.25) is 4.79 Å². The highest BCUT2D eigenvalue weighted by Crippen LogP contribution is 2.33. The first-order valence-corrected chi connectivity index (χ1v) is 5.99. The molecule has 0 spiro atoms. The number of rotatable bonds is 4. The number of fused-ring (bicyclic) bond motifs is 1. The number of nitrogens with two attached hydrogens (primary N) is 1. The number of hydrogen-bond acceptors (Lipinski definition) is 4. The van der Waals surface area contributed by atoms with E-state index in [1.54, 1.807) is 0 Å². The number of anilines is 3. The minimum atomic E-state index is 0.00150. The van der Waals surface area contributed by atoms with Crippen molar-refractivity contribution in [2.24, 2.45) is 0 Å². The second kappa shape index (κ2) is 4.96. The average Bonchev–Trinajstić information content (AvgIpc) is 2.69. The largest absolute Gasteiger partial charge is 0.397 e. The fourth-order valence-electron chi connectivity index (χ4n) is 2.19. The molecule has 1 aliphatic heterocycles. The van der Waals surface area contributed by atoms with Crippen molar-refractivity contribution in [2.75, 3.05) is 29.0 Å². The molecule has 0 saturated heterocycles. The minimum Gasteiger partial charge on any atom is -0.397 e. The zero-order valence-corrected chi connectivity index (χ0v) is 10.4. The maximum Gasteiger partial charge on any atom is 0.228 e. The Morgan fingerprint density at radius 3 is 3.00 bits per heavy atom. The average molecular weight is 244 g/mol. The summed E-state index contributed by atoms with van der Waals surface area (Å²) in [5.74, 6) is 0.00150. The molecule has 5 nitrogen and oxygen atoms in total. The van der Waals surface area contributed by atoms with Crippen LogP contribution in [0.1, 0.15) is 18.9 Å². The van der Waals surface area contributed by atoms with Crippen LogP contribution < -0.4 is 16.0 Å². The Labute approximate surface area is 106 Å². The first-order valence-electron chi connectivity index (χ1n) is 5.99. The van der Waals surface area contributed by atoms with Crippen LogP contribution in [0.2, 0.25) is 0 Å². The number of nitrogens with one attached hydrogen (secondary N) is 1. The summed E-state index contributed by atoms with van der Waals surface area (Å²) in [5.41, 5.74) is 9.34. The molecule has 1 aliphatic rings. The van der Waals surface area contributed by atoms with E-state index >= 15 is 0 Å². The van der Waals surface area contributed by atoms with Crippen LogP contribution in [-0.2, 0) is 11.2 Å². The SMILES string of the molecule is CCN(CCC#N)c1cc2c(cc1N)CC(=O)N2. The Bertz CT molecular complexity index is 518. The third-order valence-electron chi connectivity index (χ3n) is 3.09. The molecule has 2 rings (SSSR count). The molecule has 0 radical (unpaired) electrons. The van der Waals surface area contributed by atoms with Crippen molar-refractivity contribution in [3.63, 3.8) is 0 Å². The molecule has 1 aromatic carbocycles. The molecule has 5 heteroatoms. The molecule has 0 fully saturated rings. The summed E-state index contributed by atoms with van der Waals surface area (Å²) in [6.07, 6.45) is 0.848. The van der Waals surface area contributed by atoms with Crippen molar-refractivity contribution in [3.05, 3.63) is 17.7 Å². The van der Waals surface area contributed by atoms with Gasteiger partial charge in [-0.1, -0.05) is 0 Å². The summed E-state index contributed by atoms with van der Waals surface area (Å²) in [4.78, 5) is 13.4. The highest BCUT2D eigenvalue weighted by molar-refractivity contribution is 6.00. The second-order valence-electron chi connectivity index (χ2n) is 4.28. The fraction of sp³-hybridized carbons (Fsp3) is 0.385. The summed E-state index contributed by atoms with van der Waals surface area (Å²) in [5, 5.41) is 11.5. The second-order valence-corrected chi connectivity index (χ2v) is 4.28. The van der Waals surface area contributed by atoms with Gasteiger partial charge in [-0.25, -0.2) is 0 Å². The van der Waals surface area contributed by atoms with Crippen LogP contribution in [-0.4, -0.2) is 19.0 Å². The van der Waals surface area contributed by atoms with Gasteiger partial charge in [0.25, 0.3) is 0 Å². The Kier molecular flexibility index (Phi) is 3.38. The van der Waals surface area contributed by atoms with E-state index in [-0.39, 0.29) is 5.91 Å². The summed E-state index contributed by atoms with van der Waals surface area (Å²) in [6, 6.07) is 5.87. The van der Waals surface area contributed by atoms with Crippen molar-refractivity contribution in [1.82, 2.24) is 0 Å². The molecule has 1 aromatic rings. The molecule has 0 unspecified atom stereocenters. The first kappa shape index (κ1) is 12.2. The molecular formula is C13H16N4O. The van der Waals surface area contributed by atoms with Gasteiger partial charge in [0, 0.05) is 18.8 Å². The topological polar surface area (TPSA) is 82.2 Å². The van der Waals surface area contributed by atoms with Crippen LogP contribution in [0, 0.1) is 11.3 Å². The number of carbonyl (C=O) groups is 1. The van der Waals surface area contributed by atoms with Gasteiger partial charge in [-0.05, 0) is 24.6 Å². The van der Waals surface area contributed by atoms with Crippen LogP contribution in [0.15, 0.2) is 12.1 Å². The molecule has 1 heterocycles. The summed E-state index contributed by atoms with van der Waals surface area (Å²) in [6.45, 7) is 3.44. The lowest BCUT2D eigenvalue weighted by Crippen LogP contribution is -2.24. The summed E-state index contributed by atoms with van der Waals surface area (Å²) < 4.78 is 0. The lowest BCUT2D eigenvalue weighted by Gasteiger charge is -2.24. The van der Waals surface area contributed by atoms with Gasteiger partial charge in [-0.2, -0.15) is 5.26 Å². The molecule has 3 N–H and O–H groups in total. The maximum absolute atomic E-state index is 11.3. The quantitative estimate of drug-likeness (QED) is 0.786. The van der Waals surface area contributed by atoms with Crippen molar-refractivity contribution >= 4 is 23.0 Å². The molecule has 0 atom stereocenters. The van der Waals surface area contributed by atoms with E-state index in [0.29, 0.717) is 25.1 Å². The summed E-state index contributed by atoms with van der Waals surface area (Å²) >= 11 is 0. The lowest BCUT2D eigenvalue weighted by molar-refractivity contribution is -0.115. The zero-order valence-electron chi connectivity index (χ0n) is 10.4. The van der Waals surface area contributed by atoms with Crippen molar-refractivity contribution in [2.45, 2.75) is 19.8 Å². The fourth-order valence-corrected chi connectivity index (χ4v) is 2.19. The third-order valence-corrected chi connectivity index (χ3v) is 3.09. The molecule has 18 heavy (non-hydrogen) atoms.